The van der Waals surface area contributed by atoms with Crippen molar-refractivity contribution in [1.82, 2.24) is 35.4 Å². The first-order valence-electron chi connectivity index (χ1n) is 8.22. The van der Waals surface area contributed by atoms with Crippen molar-refractivity contribution in [2.75, 3.05) is 0 Å². The van der Waals surface area contributed by atoms with Crippen LogP contribution in [0.25, 0.3) is 5.69 Å². The van der Waals surface area contributed by atoms with Crippen LogP contribution in [0, 0.1) is 24.0 Å². The molecule has 0 bridgehead atoms. The van der Waals surface area contributed by atoms with Gasteiger partial charge in [0.25, 0.3) is 5.91 Å². The number of hydrogen-bond acceptors (Lipinski definition) is 8. The van der Waals surface area contributed by atoms with Crippen LogP contribution in [0.1, 0.15) is 23.9 Å². The maximum Gasteiger partial charge on any atom is 0.312 e. The molecule has 144 valence electrons. The van der Waals surface area contributed by atoms with E-state index in [1.54, 1.807) is 13.8 Å². The molecular formula is C16H17N9O3. The van der Waals surface area contributed by atoms with E-state index in [-0.39, 0.29) is 17.9 Å². The van der Waals surface area contributed by atoms with Crippen molar-refractivity contribution in [3.63, 3.8) is 0 Å². The van der Waals surface area contributed by atoms with Gasteiger partial charge in [-0.25, -0.2) is 10.1 Å². The zero-order chi connectivity index (χ0) is 20.3. The number of rotatable bonds is 6. The van der Waals surface area contributed by atoms with Gasteiger partial charge in [-0.1, -0.05) is 12.1 Å². The van der Waals surface area contributed by atoms with Crippen LogP contribution in [0.2, 0.25) is 0 Å². The molecule has 28 heavy (non-hydrogen) atoms. The first kappa shape index (κ1) is 18.8. The minimum Gasteiger partial charge on any atom is -0.271 e. The van der Waals surface area contributed by atoms with E-state index in [2.05, 4.69) is 31.2 Å². The van der Waals surface area contributed by atoms with Crippen molar-refractivity contribution >= 4 is 17.3 Å². The number of hydrogen-bond donors (Lipinski definition) is 1. The summed E-state index contributed by atoms with van der Waals surface area (Å²) in [6.07, 6.45) is 1.49. The van der Waals surface area contributed by atoms with Crippen molar-refractivity contribution in [3.8, 4) is 5.69 Å². The van der Waals surface area contributed by atoms with Crippen LogP contribution >= 0.6 is 0 Å². The van der Waals surface area contributed by atoms with Crippen molar-refractivity contribution in [3.05, 3.63) is 57.7 Å². The first-order valence-corrected chi connectivity index (χ1v) is 8.22. The number of tetrazole rings is 1. The van der Waals surface area contributed by atoms with E-state index in [4.69, 9.17) is 0 Å². The lowest BCUT2D eigenvalue weighted by Crippen LogP contribution is -2.25. The third-order valence-corrected chi connectivity index (χ3v) is 4.07. The molecule has 0 unspecified atom stereocenters. The molecule has 0 spiro atoms. The van der Waals surface area contributed by atoms with E-state index >= 15 is 0 Å². The minimum absolute atomic E-state index is 0.0878. The minimum atomic E-state index is -0.507. The number of nitro groups is 1. The molecule has 0 aliphatic rings. The number of aromatic nitrogens is 6. The number of hydrazone groups is 1. The van der Waals surface area contributed by atoms with Gasteiger partial charge < -0.3 is 0 Å². The number of benzene rings is 1. The lowest BCUT2D eigenvalue weighted by Gasteiger charge is -2.05. The predicted molar refractivity (Wildman–Crippen MR) is 97.9 cm³/mol. The lowest BCUT2D eigenvalue weighted by molar-refractivity contribution is -0.386. The average Bonchev–Trinajstić information content (AvgIpc) is 3.28. The Morgan fingerprint density at radius 3 is 2.57 bits per heavy atom. The Morgan fingerprint density at radius 2 is 2.00 bits per heavy atom. The molecule has 0 aliphatic heterocycles. The molecule has 0 saturated heterocycles. The molecule has 0 radical (unpaired) electrons. The van der Waals surface area contributed by atoms with E-state index in [0.717, 1.165) is 11.3 Å². The number of amides is 1. The first-order chi connectivity index (χ1) is 13.4. The fraction of sp³-hybridized carbons (Fsp3) is 0.250. The number of nitrogens with zero attached hydrogens (tertiary/aromatic N) is 8. The molecule has 0 fully saturated rings. The molecule has 0 atom stereocenters. The molecule has 0 saturated carbocycles. The largest absolute Gasteiger partial charge is 0.312 e. The van der Waals surface area contributed by atoms with E-state index in [9.17, 15) is 14.9 Å². The van der Waals surface area contributed by atoms with Gasteiger partial charge in [0.15, 0.2) is 0 Å². The van der Waals surface area contributed by atoms with Gasteiger partial charge in [0.05, 0.1) is 16.3 Å². The highest BCUT2D eigenvalue weighted by atomic mass is 16.6. The van der Waals surface area contributed by atoms with E-state index in [1.807, 2.05) is 24.3 Å². The Morgan fingerprint density at radius 1 is 1.29 bits per heavy atom. The van der Waals surface area contributed by atoms with Gasteiger partial charge in [-0.2, -0.15) is 10.2 Å². The van der Waals surface area contributed by atoms with Crippen molar-refractivity contribution in [2.45, 2.75) is 27.3 Å². The highest BCUT2D eigenvalue weighted by molar-refractivity contribution is 5.99. The van der Waals surface area contributed by atoms with Crippen LogP contribution in [0.5, 0.6) is 0 Å². The zero-order valence-electron chi connectivity index (χ0n) is 15.4. The average molecular weight is 383 g/mol. The van der Waals surface area contributed by atoms with Crippen LogP contribution < -0.4 is 5.43 Å². The molecule has 1 amide bonds. The van der Waals surface area contributed by atoms with Gasteiger partial charge in [-0.15, -0.1) is 5.10 Å². The SMILES string of the molecule is C/C(=N\NC(=O)Cn1nc(C)c([N+](=O)[O-])c1C)c1ccc(-n2cnnn2)cc1. The molecule has 1 aromatic carbocycles. The van der Waals surface area contributed by atoms with Gasteiger partial charge in [0.1, 0.15) is 24.3 Å². The Bertz CT molecular complexity index is 1040. The number of aryl methyl sites for hydroxylation is 1. The summed E-state index contributed by atoms with van der Waals surface area (Å²) in [5.41, 5.74) is 5.11. The fourth-order valence-corrected chi connectivity index (χ4v) is 2.62. The maximum atomic E-state index is 12.1. The van der Waals surface area contributed by atoms with E-state index in [0.29, 0.717) is 11.4 Å². The quantitative estimate of drug-likeness (QED) is 0.378. The second kappa shape index (κ2) is 7.73. The second-order valence-electron chi connectivity index (χ2n) is 5.97. The zero-order valence-corrected chi connectivity index (χ0v) is 15.4. The Balaban J connectivity index is 1.65. The number of carbonyl (C=O) groups excluding carboxylic acids is 1. The van der Waals surface area contributed by atoms with Gasteiger partial charge in [0.2, 0.25) is 0 Å². The fourth-order valence-electron chi connectivity index (χ4n) is 2.62. The second-order valence-corrected chi connectivity index (χ2v) is 5.97. The summed E-state index contributed by atoms with van der Waals surface area (Å²) in [4.78, 5) is 22.6. The molecule has 2 heterocycles. The molecule has 1 N–H and O–H groups in total. The molecule has 3 rings (SSSR count). The standard InChI is InChI=1S/C16H17N9O3/c1-10(13-4-6-14(7-5-13)24-9-17-21-22-24)18-19-15(26)8-23-12(3)16(25(27)28)11(2)20-23/h4-7,9H,8H2,1-3H3,(H,19,26)/b18-10+. The Hall–Kier alpha value is -3.96. The van der Waals surface area contributed by atoms with E-state index in [1.165, 1.54) is 22.6 Å². The molecule has 0 aliphatic carbocycles. The summed E-state index contributed by atoms with van der Waals surface area (Å²) >= 11 is 0. The number of nitrogens with one attached hydrogen (secondary N) is 1. The summed E-state index contributed by atoms with van der Waals surface area (Å²) in [5, 5.41) is 30.1. The van der Waals surface area contributed by atoms with Gasteiger partial charge >= 0.3 is 5.69 Å². The molecule has 12 nitrogen and oxygen atoms in total. The monoisotopic (exact) mass is 383 g/mol. The van der Waals surface area contributed by atoms with E-state index < -0.39 is 10.8 Å². The molecule has 2 aromatic heterocycles. The molecule has 12 heteroatoms. The van der Waals surface area contributed by atoms with Gasteiger partial charge in [-0.05, 0) is 48.9 Å². The van der Waals surface area contributed by atoms with Crippen molar-refractivity contribution < 1.29 is 9.72 Å². The number of carbonyl (C=O) groups is 1. The smallest absolute Gasteiger partial charge is 0.271 e. The highest BCUT2D eigenvalue weighted by Crippen LogP contribution is 2.21. The van der Waals surface area contributed by atoms with Crippen LogP contribution in [-0.4, -0.2) is 46.5 Å². The summed E-state index contributed by atoms with van der Waals surface area (Å²) in [6, 6.07) is 7.29. The van der Waals surface area contributed by atoms with Gasteiger partial charge in [-0.3, -0.25) is 19.6 Å². The lowest BCUT2D eigenvalue weighted by atomic mass is 10.1. The Kier molecular flexibility index (Phi) is 5.20. The van der Waals surface area contributed by atoms with Gasteiger partial charge in [0, 0.05) is 0 Å². The summed E-state index contributed by atoms with van der Waals surface area (Å²) in [5.74, 6) is -0.440. The predicted octanol–water partition coefficient (Wildman–Crippen LogP) is 0.924. The Labute approximate surface area is 159 Å². The summed E-state index contributed by atoms with van der Waals surface area (Å²) < 4.78 is 2.81. The topological polar surface area (TPSA) is 146 Å². The molecule has 3 aromatic rings. The van der Waals surface area contributed by atoms with Crippen LogP contribution in [0.4, 0.5) is 5.69 Å². The van der Waals surface area contributed by atoms with Crippen LogP contribution in [-0.2, 0) is 11.3 Å². The van der Waals surface area contributed by atoms with Crippen molar-refractivity contribution in [2.24, 2.45) is 5.10 Å². The summed E-state index contributed by atoms with van der Waals surface area (Å²) in [7, 11) is 0. The van der Waals surface area contributed by atoms with Crippen molar-refractivity contribution in [1.29, 1.82) is 0 Å². The third-order valence-electron chi connectivity index (χ3n) is 4.07. The molecular weight excluding hydrogens is 366 g/mol. The van der Waals surface area contributed by atoms with Crippen LogP contribution in [0.15, 0.2) is 35.7 Å². The summed E-state index contributed by atoms with van der Waals surface area (Å²) in [6.45, 7) is 4.66. The maximum absolute atomic E-state index is 12.1. The van der Waals surface area contributed by atoms with Crippen LogP contribution in [0.3, 0.4) is 0 Å². The highest BCUT2D eigenvalue weighted by Gasteiger charge is 2.22. The third kappa shape index (κ3) is 3.90. The normalized spacial score (nSPS) is 11.5.